The summed E-state index contributed by atoms with van der Waals surface area (Å²) in [6, 6.07) is 6.41. The third kappa shape index (κ3) is 3.08. The second kappa shape index (κ2) is 5.93. The molecule has 15 heavy (non-hydrogen) atoms. The maximum atomic E-state index is 5.19. The van der Waals surface area contributed by atoms with Crippen LogP contribution in [0.5, 0.6) is 5.75 Å². The first-order chi connectivity index (χ1) is 7.22. The number of hydrogen-bond acceptors (Lipinski definition) is 2. The Morgan fingerprint density at radius 1 is 1.60 bits per heavy atom. The number of benzene rings is 1. The Balaban J connectivity index is 2.94. The molecule has 1 N–H and O–H groups in total. The van der Waals surface area contributed by atoms with E-state index in [1.54, 1.807) is 7.11 Å². The van der Waals surface area contributed by atoms with Crippen molar-refractivity contribution in [2.45, 2.75) is 12.5 Å². The van der Waals surface area contributed by atoms with Gasteiger partial charge >= 0.3 is 0 Å². The van der Waals surface area contributed by atoms with Gasteiger partial charge in [0.2, 0.25) is 0 Å². The van der Waals surface area contributed by atoms with Gasteiger partial charge < -0.3 is 10.1 Å². The molecule has 0 spiro atoms. The summed E-state index contributed by atoms with van der Waals surface area (Å²) < 4.78 is 6.16. The summed E-state index contributed by atoms with van der Waals surface area (Å²) in [6.45, 7) is 3.75. The molecular weight excluding hydrogens is 254 g/mol. The highest BCUT2D eigenvalue weighted by atomic mass is 79.9. The van der Waals surface area contributed by atoms with Crippen molar-refractivity contribution in [2.75, 3.05) is 14.2 Å². The van der Waals surface area contributed by atoms with Crippen LogP contribution in [0, 0.1) is 0 Å². The van der Waals surface area contributed by atoms with Gasteiger partial charge in [0.05, 0.1) is 11.6 Å². The van der Waals surface area contributed by atoms with Crippen molar-refractivity contribution in [3.63, 3.8) is 0 Å². The zero-order valence-corrected chi connectivity index (χ0v) is 10.7. The largest absolute Gasteiger partial charge is 0.496 e. The van der Waals surface area contributed by atoms with Crippen LogP contribution in [0.2, 0.25) is 0 Å². The standard InChI is InChI=1S/C12H16BrNO/c1-4-5-11(14-2)9-6-7-12(15-3)10(13)8-9/h4,6-8,11,14H,1,5H2,2-3H3. The summed E-state index contributed by atoms with van der Waals surface area (Å²) in [5.74, 6) is 0.854. The maximum absolute atomic E-state index is 5.19. The fraction of sp³-hybridized carbons (Fsp3) is 0.333. The van der Waals surface area contributed by atoms with Crippen molar-refractivity contribution in [1.82, 2.24) is 5.32 Å². The molecule has 0 saturated heterocycles. The number of nitrogens with one attached hydrogen (secondary N) is 1. The smallest absolute Gasteiger partial charge is 0.133 e. The van der Waals surface area contributed by atoms with E-state index in [1.807, 2.05) is 19.2 Å². The highest BCUT2D eigenvalue weighted by molar-refractivity contribution is 9.10. The molecule has 1 unspecified atom stereocenters. The van der Waals surface area contributed by atoms with E-state index in [1.165, 1.54) is 5.56 Å². The molecule has 2 nitrogen and oxygen atoms in total. The van der Waals surface area contributed by atoms with Crippen LogP contribution in [-0.2, 0) is 0 Å². The van der Waals surface area contributed by atoms with Gasteiger partial charge in [-0.1, -0.05) is 12.1 Å². The van der Waals surface area contributed by atoms with E-state index in [0.717, 1.165) is 16.6 Å². The summed E-state index contributed by atoms with van der Waals surface area (Å²) in [6.07, 6.45) is 2.83. The van der Waals surface area contributed by atoms with Gasteiger partial charge in [0.15, 0.2) is 0 Å². The van der Waals surface area contributed by atoms with Gasteiger partial charge in [-0.2, -0.15) is 0 Å². The lowest BCUT2D eigenvalue weighted by molar-refractivity contribution is 0.411. The Bertz CT molecular complexity index is 338. The third-order valence-corrected chi connectivity index (χ3v) is 2.95. The Hall–Kier alpha value is -0.800. The van der Waals surface area contributed by atoms with E-state index in [2.05, 4.69) is 40.0 Å². The lowest BCUT2D eigenvalue weighted by atomic mass is 10.0. The number of methoxy groups -OCH3 is 1. The zero-order chi connectivity index (χ0) is 11.3. The van der Waals surface area contributed by atoms with Crippen LogP contribution in [-0.4, -0.2) is 14.2 Å². The van der Waals surface area contributed by atoms with Crippen molar-refractivity contribution in [3.8, 4) is 5.75 Å². The molecule has 0 bridgehead atoms. The number of rotatable bonds is 5. The molecule has 1 aromatic rings. The minimum Gasteiger partial charge on any atom is -0.496 e. The number of ether oxygens (including phenoxy) is 1. The van der Waals surface area contributed by atoms with Crippen LogP contribution < -0.4 is 10.1 Å². The van der Waals surface area contributed by atoms with Crippen LogP contribution in [0.4, 0.5) is 0 Å². The van der Waals surface area contributed by atoms with Crippen molar-refractivity contribution < 1.29 is 4.74 Å². The first-order valence-corrected chi connectivity index (χ1v) is 5.63. The van der Waals surface area contributed by atoms with Crippen molar-refractivity contribution in [3.05, 3.63) is 40.9 Å². The van der Waals surface area contributed by atoms with E-state index in [0.29, 0.717) is 6.04 Å². The summed E-state index contributed by atoms with van der Waals surface area (Å²) >= 11 is 3.48. The van der Waals surface area contributed by atoms with E-state index < -0.39 is 0 Å². The molecule has 0 amide bonds. The molecule has 0 aliphatic heterocycles. The van der Waals surface area contributed by atoms with Gasteiger partial charge in [-0.3, -0.25) is 0 Å². The predicted molar refractivity (Wildman–Crippen MR) is 67.3 cm³/mol. The molecule has 0 aliphatic rings. The van der Waals surface area contributed by atoms with Crippen molar-refractivity contribution >= 4 is 15.9 Å². The molecule has 0 saturated carbocycles. The summed E-state index contributed by atoms with van der Waals surface area (Å²) in [5, 5.41) is 3.25. The van der Waals surface area contributed by atoms with E-state index in [4.69, 9.17) is 4.74 Å². The van der Waals surface area contributed by atoms with Gasteiger partial charge in [-0.15, -0.1) is 6.58 Å². The molecular formula is C12H16BrNO. The lowest BCUT2D eigenvalue weighted by Crippen LogP contribution is -2.15. The minimum atomic E-state index is 0.310. The molecule has 0 heterocycles. The van der Waals surface area contributed by atoms with E-state index in [-0.39, 0.29) is 0 Å². The summed E-state index contributed by atoms with van der Waals surface area (Å²) in [7, 11) is 3.62. The van der Waals surface area contributed by atoms with Gasteiger partial charge in [-0.25, -0.2) is 0 Å². The second-order valence-electron chi connectivity index (χ2n) is 3.26. The number of hydrogen-bond donors (Lipinski definition) is 1. The molecule has 1 rings (SSSR count). The van der Waals surface area contributed by atoms with E-state index in [9.17, 15) is 0 Å². The first-order valence-electron chi connectivity index (χ1n) is 4.84. The maximum Gasteiger partial charge on any atom is 0.133 e. The summed E-state index contributed by atoms with van der Waals surface area (Å²) in [5.41, 5.74) is 1.23. The van der Waals surface area contributed by atoms with Crippen LogP contribution >= 0.6 is 15.9 Å². The minimum absolute atomic E-state index is 0.310. The predicted octanol–water partition coefficient (Wildman–Crippen LogP) is 3.29. The van der Waals surface area contributed by atoms with Gasteiger partial charge in [0, 0.05) is 6.04 Å². The molecule has 82 valence electrons. The van der Waals surface area contributed by atoms with Crippen LogP contribution in [0.25, 0.3) is 0 Å². The average Bonchev–Trinajstić information content (AvgIpc) is 2.25. The van der Waals surface area contributed by atoms with Crippen molar-refractivity contribution in [1.29, 1.82) is 0 Å². The quantitative estimate of drug-likeness (QED) is 0.829. The SMILES string of the molecule is C=CCC(NC)c1ccc(OC)c(Br)c1. The van der Waals surface area contributed by atoms with E-state index >= 15 is 0 Å². The Morgan fingerprint density at radius 3 is 2.80 bits per heavy atom. The van der Waals surface area contributed by atoms with Crippen LogP contribution in [0.1, 0.15) is 18.0 Å². The molecule has 1 aromatic carbocycles. The Morgan fingerprint density at radius 2 is 2.33 bits per heavy atom. The topological polar surface area (TPSA) is 21.3 Å². The fourth-order valence-electron chi connectivity index (χ4n) is 1.49. The summed E-state index contributed by atoms with van der Waals surface area (Å²) in [4.78, 5) is 0. The average molecular weight is 270 g/mol. The molecule has 1 atom stereocenters. The lowest BCUT2D eigenvalue weighted by Gasteiger charge is -2.15. The normalized spacial score (nSPS) is 12.2. The Kier molecular flexibility index (Phi) is 4.85. The highest BCUT2D eigenvalue weighted by Crippen LogP contribution is 2.28. The van der Waals surface area contributed by atoms with Gasteiger partial charge in [0.25, 0.3) is 0 Å². The number of halogens is 1. The first kappa shape index (κ1) is 12.3. The van der Waals surface area contributed by atoms with Crippen LogP contribution in [0.3, 0.4) is 0 Å². The van der Waals surface area contributed by atoms with Crippen molar-refractivity contribution in [2.24, 2.45) is 0 Å². The molecule has 0 aromatic heterocycles. The Labute approximate surface area is 99.5 Å². The van der Waals surface area contributed by atoms with Gasteiger partial charge in [-0.05, 0) is 47.1 Å². The van der Waals surface area contributed by atoms with Gasteiger partial charge in [0.1, 0.15) is 5.75 Å². The molecule has 0 aliphatic carbocycles. The second-order valence-corrected chi connectivity index (χ2v) is 4.11. The third-order valence-electron chi connectivity index (χ3n) is 2.33. The molecule has 3 heteroatoms. The highest BCUT2D eigenvalue weighted by Gasteiger charge is 2.09. The monoisotopic (exact) mass is 269 g/mol. The molecule has 0 fully saturated rings. The molecule has 0 radical (unpaired) electrons. The zero-order valence-electron chi connectivity index (χ0n) is 9.09. The fourth-order valence-corrected chi connectivity index (χ4v) is 2.05. The van der Waals surface area contributed by atoms with Crippen LogP contribution in [0.15, 0.2) is 35.3 Å².